The van der Waals surface area contributed by atoms with Crippen LogP contribution in [0.4, 0.5) is 5.82 Å². The molecule has 1 aliphatic heterocycles. The van der Waals surface area contributed by atoms with Crippen LogP contribution in [-0.2, 0) is 4.74 Å². The normalized spacial score (nSPS) is 15.9. The number of halogens is 1. The van der Waals surface area contributed by atoms with Gasteiger partial charge < -0.3 is 9.64 Å². The molecule has 1 N–H and O–H groups in total. The Morgan fingerprint density at radius 3 is 2.61 bits per heavy atom. The number of nitrogens with zero attached hydrogens (tertiary/aromatic N) is 2. The first-order valence-electron chi connectivity index (χ1n) is 5.96. The van der Waals surface area contributed by atoms with Gasteiger partial charge in [-0.1, -0.05) is 28.1 Å². The molecular formula is C13H14BrN3O. The summed E-state index contributed by atoms with van der Waals surface area (Å²) in [5, 5.41) is 7.27. The fraction of sp³-hybridized carbons (Fsp3) is 0.308. The molecule has 1 saturated heterocycles. The van der Waals surface area contributed by atoms with Crippen LogP contribution in [0.5, 0.6) is 0 Å². The molecule has 18 heavy (non-hydrogen) atoms. The molecule has 4 nitrogen and oxygen atoms in total. The van der Waals surface area contributed by atoms with E-state index in [9.17, 15) is 0 Å². The molecule has 0 unspecified atom stereocenters. The standard InChI is InChI=1S/C13H14BrN3O/c14-11-3-1-10(2-4-11)12-9-15-16-13(12)17-5-7-18-8-6-17/h1-4,9H,5-8H2,(H,15,16). The number of hydrogen-bond donors (Lipinski definition) is 1. The van der Waals surface area contributed by atoms with E-state index in [1.807, 2.05) is 18.3 Å². The van der Waals surface area contributed by atoms with Crippen LogP contribution >= 0.6 is 15.9 Å². The van der Waals surface area contributed by atoms with Gasteiger partial charge in [-0.15, -0.1) is 0 Å². The predicted octanol–water partition coefficient (Wildman–Crippen LogP) is 2.68. The van der Waals surface area contributed by atoms with Crippen molar-refractivity contribution in [3.8, 4) is 11.1 Å². The molecule has 1 fully saturated rings. The van der Waals surface area contributed by atoms with Crippen LogP contribution in [0.1, 0.15) is 0 Å². The van der Waals surface area contributed by atoms with Crippen LogP contribution in [0.3, 0.4) is 0 Å². The number of H-pyrrole nitrogens is 1. The summed E-state index contributed by atoms with van der Waals surface area (Å²) in [6.45, 7) is 3.37. The molecule has 0 amide bonds. The van der Waals surface area contributed by atoms with Crippen LogP contribution in [-0.4, -0.2) is 36.5 Å². The number of anilines is 1. The molecule has 0 saturated carbocycles. The van der Waals surface area contributed by atoms with Crippen molar-refractivity contribution in [2.45, 2.75) is 0 Å². The maximum Gasteiger partial charge on any atom is 0.132 e. The van der Waals surface area contributed by atoms with E-state index in [1.54, 1.807) is 0 Å². The number of hydrogen-bond acceptors (Lipinski definition) is 3. The summed E-state index contributed by atoms with van der Waals surface area (Å²) in [5.74, 6) is 1.08. The first-order valence-corrected chi connectivity index (χ1v) is 6.76. The highest BCUT2D eigenvalue weighted by atomic mass is 79.9. The molecular weight excluding hydrogens is 294 g/mol. The van der Waals surface area contributed by atoms with Gasteiger partial charge in [0.25, 0.3) is 0 Å². The molecule has 1 aromatic heterocycles. The molecule has 2 heterocycles. The zero-order valence-corrected chi connectivity index (χ0v) is 11.5. The summed E-state index contributed by atoms with van der Waals surface area (Å²) in [5.41, 5.74) is 2.32. The van der Waals surface area contributed by atoms with E-state index < -0.39 is 0 Å². The average Bonchev–Trinajstić information content (AvgIpc) is 2.90. The SMILES string of the molecule is Brc1ccc(-c2cn[nH]c2N2CCOCC2)cc1. The average molecular weight is 308 g/mol. The summed E-state index contributed by atoms with van der Waals surface area (Å²) in [6.07, 6.45) is 1.88. The number of morpholine rings is 1. The monoisotopic (exact) mass is 307 g/mol. The van der Waals surface area contributed by atoms with Crippen LogP contribution in [0, 0.1) is 0 Å². The summed E-state index contributed by atoms with van der Waals surface area (Å²) in [4.78, 5) is 2.29. The number of aromatic amines is 1. The topological polar surface area (TPSA) is 41.2 Å². The molecule has 5 heteroatoms. The van der Waals surface area contributed by atoms with Crippen molar-refractivity contribution in [1.29, 1.82) is 0 Å². The number of benzene rings is 1. The van der Waals surface area contributed by atoms with E-state index in [-0.39, 0.29) is 0 Å². The third-order valence-electron chi connectivity index (χ3n) is 3.10. The molecule has 1 aromatic carbocycles. The highest BCUT2D eigenvalue weighted by molar-refractivity contribution is 9.10. The van der Waals surface area contributed by atoms with Gasteiger partial charge in [0.15, 0.2) is 0 Å². The molecule has 0 atom stereocenters. The van der Waals surface area contributed by atoms with Crippen molar-refractivity contribution in [2.75, 3.05) is 31.2 Å². The van der Waals surface area contributed by atoms with Crippen LogP contribution in [0.15, 0.2) is 34.9 Å². The molecule has 2 aromatic rings. The van der Waals surface area contributed by atoms with E-state index >= 15 is 0 Å². The lowest BCUT2D eigenvalue weighted by atomic mass is 10.1. The highest BCUT2D eigenvalue weighted by Crippen LogP contribution is 2.29. The minimum Gasteiger partial charge on any atom is -0.378 e. The number of rotatable bonds is 2. The van der Waals surface area contributed by atoms with Crippen molar-refractivity contribution in [1.82, 2.24) is 10.2 Å². The first kappa shape index (κ1) is 11.7. The quantitative estimate of drug-likeness (QED) is 0.927. The summed E-state index contributed by atoms with van der Waals surface area (Å²) in [6, 6.07) is 8.29. The van der Waals surface area contributed by atoms with Gasteiger partial charge in [0, 0.05) is 23.1 Å². The Labute approximate surface area is 114 Å². The van der Waals surface area contributed by atoms with Gasteiger partial charge in [-0.05, 0) is 17.7 Å². The summed E-state index contributed by atoms with van der Waals surface area (Å²) < 4.78 is 6.46. The van der Waals surface area contributed by atoms with Crippen LogP contribution in [0.2, 0.25) is 0 Å². The molecule has 94 valence electrons. The van der Waals surface area contributed by atoms with E-state index in [1.165, 1.54) is 5.56 Å². The molecule has 0 radical (unpaired) electrons. The van der Waals surface area contributed by atoms with Crippen molar-refractivity contribution >= 4 is 21.7 Å². The Morgan fingerprint density at radius 1 is 1.17 bits per heavy atom. The van der Waals surface area contributed by atoms with Crippen molar-refractivity contribution in [3.05, 3.63) is 34.9 Å². The van der Waals surface area contributed by atoms with Crippen LogP contribution < -0.4 is 4.90 Å². The molecule has 0 aliphatic carbocycles. The molecule has 0 spiro atoms. The molecule has 0 bridgehead atoms. The highest BCUT2D eigenvalue weighted by Gasteiger charge is 2.17. The maximum atomic E-state index is 5.38. The Balaban J connectivity index is 1.93. The Kier molecular flexibility index (Phi) is 3.34. The Hall–Kier alpha value is -1.33. The third kappa shape index (κ3) is 2.28. The van der Waals surface area contributed by atoms with Crippen LogP contribution in [0.25, 0.3) is 11.1 Å². The van der Waals surface area contributed by atoms with E-state index in [0.717, 1.165) is 42.2 Å². The number of ether oxygens (including phenoxy) is 1. The van der Waals surface area contributed by atoms with Crippen molar-refractivity contribution in [3.63, 3.8) is 0 Å². The van der Waals surface area contributed by atoms with Gasteiger partial charge in [0.2, 0.25) is 0 Å². The van der Waals surface area contributed by atoms with Gasteiger partial charge >= 0.3 is 0 Å². The maximum absolute atomic E-state index is 5.38. The van der Waals surface area contributed by atoms with Gasteiger partial charge in [0.1, 0.15) is 5.82 Å². The largest absolute Gasteiger partial charge is 0.378 e. The van der Waals surface area contributed by atoms with Gasteiger partial charge in [-0.3, -0.25) is 5.10 Å². The zero-order valence-electron chi connectivity index (χ0n) is 9.90. The van der Waals surface area contributed by atoms with E-state index in [2.05, 4.69) is 43.2 Å². The summed E-state index contributed by atoms with van der Waals surface area (Å²) in [7, 11) is 0. The van der Waals surface area contributed by atoms with Crippen molar-refractivity contribution in [2.24, 2.45) is 0 Å². The molecule has 1 aliphatic rings. The fourth-order valence-corrected chi connectivity index (χ4v) is 2.41. The molecule has 3 rings (SSSR count). The Morgan fingerprint density at radius 2 is 1.89 bits per heavy atom. The summed E-state index contributed by atoms with van der Waals surface area (Å²) >= 11 is 3.45. The Bertz CT molecular complexity index is 517. The number of aromatic nitrogens is 2. The minimum absolute atomic E-state index is 0.777. The minimum atomic E-state index is 0.777. The van der Waals surface area contributed by atoms with Gasteiger partial charge in [-0.25, -0.2) is 0 Å². The zero-order chi connectivity index (χ0) is 12.4. The fourth-order valence-electron chi connectivity index (χ4n) is 2.15. The smallest absolute Gasteiger partial charge is 0.132 e. The predicted molar refractivity (Wildman–Crippen MR) is 74.8 cm³/mol. The second-order valence-corrected chi connectivity index (χ2v) is 5.15. The van der Waals surface area contributed by atoms with Gasteiger partial charge in [0.05, 0.1) is 19.4 Å². The van der Waals surface area contributed by atoms with Gasteiger partial charge in [-0.2, -0.15) is 5.10 Å². The van der Waals surface area contributed by atoms with E-state index in [4.69, 9.17) is 4.74 Å². The lowest BCUT2D eigenvalue weighted by Gasteiger charge is -2.28. The second kappa shape index (κ2) is 5.12. The lowest BCUT2D eigenvalue weighted by molar-refractivity contribution is 0.122. The number of nitrogens with one attached hydrogen (secondary N) is 1. The van der Waals surface area contributed by atoms with E-state index in [0.29, 0.717) is 0 Å². The lowest BCUT2D eigenvalue weighted by Crippen LogP contribution is -2.36. The first-order chi connectivity index (χ1) is 8.84. The third-order valence-corrected chi connectivity index (χ3v) is 3.63. The second-order valence-electron chi connectivity index (χ2n) is 4.24. The van der Waals surface area contributed by atoms with Crippen molar-refractivity contribution < 1.29 is 4.74 Å².